The van der Waals surface area contributed by atoms with E-state index in [9.17, 15) is 4.79 Å². The highest BCUT2D eigenvalue weighted by atomic mass is 16.5. The molecule has 0 amide bonds. The molecule has 0 radical (unpaired) electrons. The Morgan fingerprint density at radius 3 is 2.04 bits per heavy atom. The number of para-hydroxylation sites is 2. The molecule has 0 aliphatic heterocycles. The van der Waals surface area contributed by atoms with E-state index in [1.165, 1.54) is 7.11 Å². The van der Waals surface area contributed by atoms with Crippen molar-refractivity contribution >= 4 is 33.5 Å². The van der Waals surface area contributed by atoms with Crippen molar-refractivity contribution in [1.82, 2.24) is 4.57 Å². The molecule has 0 fully saturated rings. The molecule has 2 aromatic carbocycles. The van der Waals surface area contributed by atoms with Gasteiger partial charge >= 0.3 is 5.97 Å². The average Bonchev–Trinajstić information content (AvgIpc) is 2.96. The first-order valence-electron chi connectivity index (χ1n) is 7.79. The fourth-order valence-corrected chi connectivity index (χ4v) is 3.06. The van der Waals surface area contributed by atoms with Gasteiger partial charge in [-0.05, 0) is 25.1 Å². The number of fused-ring (bicyclic) bond motifs is 3. The van der Waals surface area contributed by atoms with Crippen molar-refractivity contribution in [2.75, 3.05) is 7.11 Å². The predicted octanol–water partition coefficient (Wildman–Crippen LogP) is 4.94. The number of nitrogens with zero attached hydrogens (tertiary/aromatic N) is 1. The lowest BCUT2D eigenvalue weighted by molar-refractivity contribution is -0.135. The van der Waals surface area contributed by atoms with E-state index in [0.717, 1.165) is 27.5 Å². The molecule has 1 aromatic heterocycles. The van der Waals surface area contributed by atoms with Crippen molar-refractivity contribution in [3.8, 4) is 0 Å². The van der Waals surface area contributed by atoms with E-state index in [1.807, 2.05) is 37.3 Å². The minimum absolute atomic E-state index is 0.368. The molecule has 3 heteroatoms. The van der Waals surface area contributed by atoms with Crippen LogP contribution in [0.3, 0.4) is 0 Å². The summed E-state index contributed by atoms with van der Waals surface area (Å²) in [5.41, 5.74) is 3.32. The first-order valence-corrected chi connectivity index (χ1v) is 7.79. The summed E-state index contributed by atoms with van der Waals surface area (Å²) in [6, 6.07) is 16.3. The minimum atomic E-state index is -0.368. The summed E-state index contributed by atoms with van der Waals surface area (Å²) in [5, 5.41) is 2.28. The number of aromatic nitrogens is 1. The van der Waals surface area contributed by atoms with Crippen molar-refractivity contribution in [2.45, 2.75) is 6.92 Å². The maximum Gasteiger partial charge on any atom is 0.339 e. The normalized spacial score (nSPS) is 12.6. The van der Waals surface area contributed by atoms with Gasteiger partial charge in [-0.3, -0.25) is 0 Å². The van der Waals surface area contributed by atoms with Crippen LogP contribution in [0, 0.1) is 0 Å². The average molecular weight is 317 g/mol. The van der Waals surface area contributed by atoms with Gasteiger partial charge in [0.15, 0.2) is 0 Å². The molecule has 3 aromatic rings. The number of benzene rings is 2. The number of hydrogen-bond donors (Lipinski definition) is 0. The Morgan fingerprint density at radius 1 is 1.04 bits per heavy atom. The number of hydrogen-bond acceptors (Lipinski definition) is 2. The number of esters is 1. The van der Waals surface area contributed by atoms with Crippen molar-refractivity contribution < 1.29 is 9.53 Å². The van der Waals surface area contributed by atoms with Crippen LogP contribution in [-0.2, 0) is 9.53 Å². The van der Waals surface area contributed by atoms with E-state index in [2.05, 4.69) is 35.4 Å². The zero-order chi connectivity index (χ0) is 17.1. The molecule has 0 spiro atoms. The van der Waals surface area contributed by atoms with E-state index >= 15 is 0 Å². The van der Waals surface area contributed by atoms with Crippen LogP contribution in [0.15, 0.2) is 78.9 Å². The lowest BCUT2D eigenvalue weighted by Gasteiger charge is -2.14. The van der Waals surface area contributed by atoms with Gasteiger partial charge in [0.2, 0.25) is 0 Å². The third-order valence-electron chi connectivity index (χ3n) is 4.07. The molecule has 0 atom stereocenters. The molecule has 0 bridgehead atoms. The van der Waals surface area contributed by atoms with Crippen LogP contribution in [0.1, 0.15) is 6.92 Å². The number of carbonyl (C=O) groups excluding carboxylic acids is 1. The standard InChI is InChI=1S/C21H19NO2/c1-4-10-18(15(5-2)21(23)24-3)22-19-13-8-6-11-16(19)17-12-7-9-14-20(17)22/h4-14H,1H2,2-3H3/b15-5+,18-10+. The van der Waals surface area contributed by atoms with Crippen LogP contribution in [0.2, 0.25) is 0 Å². The molecule has 3 rings (SSSR count). The van der Waals surface area contributed by atoms with Gasteiger partial charge in [0.25, 0.3) is 0 Å². The summed E-state index contributed by atoms with van der Waals surface area (Å²) in [4.78, 5) is 12.2. The van der Waals surface area contributed by atoms with E-state index in [0.29, 0.717) is 5.57 Å². The second-order valence-electron chi connectivity index (χ2n) is 5.35. The van der Waals surface area contributed by atoms with Crippen LogP contribution >= 0.6 is 0 Å². The van der Waals surface area contributed by atoms with Gasteiger partial charge in [0, 0.05) is 10.8 Å². The van der Waals surface area contributed by atoms with Crippen molar-refractivity contribution in [1.29, 1.82) is 0 Å². The van der Waals surface area contributed by atoms with Gasteiger partial charge in [0.1, 0.15) is 0 Å². The summed E-state index contributed by atoms with van der Waals surface area (Å²) in [5.74, 6) is -0.368. The number of rotatable bonds is 4. The molecular formula is C21H19NO2. The topological polar surface area (TPSA) is 31.2 Å². The number of allylic oxidation sites excluding steroid dienone is 3. The zero-order valence-electron chi connectivity index (χ0n) is 13.8. The van der Waals surface area contributed by atoms with Gasteiger partial charge in [-0.25, -0.2) is 4.79 Å². The highest BCUT2D eigenvalue weighted by Crippen LogP contribution is 2.34. The van der Waals surface area contributed by atoms with E-state index < -0.39 is 0 Å². The number of carbonyl (C=O) groups is 1. The maximum absolute atomic E-state index is 12.2. The zero-order valence-corrected chi connectivity index (χ0v) is 13.8. The Labute approximate surface area is 141 Å². The first kappa shape index (κ1) is 15.8. The molecule has 0 unspecified atom stereocenters. The minimum Gasteiger partial charge on any atom is -0.465 e. The summed E-state index contributed by atoms with van der Waals surface area (Å²) in [6.45, 7) is 5.63. The van der Waals surface area contributed by atoms with Crippen molar-refractivity contribution in [3.05, 3.63) is 78.9 Å². The van der Waals surface area contributed by atoms with Crippen molar-refractivity contribution in [2.24, 2.45) is 0 Å². The van der Waals surface area contributed by atoms with Gasteiger partial charge < -0.3 is 9.30 Å². The molecule has 24 heavy (non-hydrogen) atoms. The molecule has 0 saturated carbocycles. The van der Waals surface area contributed by atoms with Crippen molar-refractivity contribution in [3.63, 3.8) is 0 Å². The molecule has 120 valence electrons. The molecule has 0 aliphatic carbocycles. The Hall–Kier alpha value is -3.07. The Morgan fingerprint density at radius 2 is 1.58 bits per heavy atom. The molecule has 3 nitrogen and oxygen atoms in total. The largest absolute Gasteiger partial charge is 0.465 e. The monoisotopic (exact) mass is 317 g/mol. The van der Waals surface area contributed by atoms with Gasteiger partial charge in [-0.2, -0.15) is 0 Å². The Balaban J connectivity index is 2.42. The SMILES string of the molecule is C=C/C=C(\C(=C/C)C(=O)OC)n1c2ccccc2c2ccccc21. The fourth-order valence-electron chi connectivity index (χ4n) is 3.06. The van der Waals surface area contributed by atoms with Crippen LogP contribution in [0.25, 0.3) is 27.5 Å². The third kappa shape index (κ3) is 2.44. The molecule has 1 heterocycles. The predicted molar refractivity (Wildman–Crippen MR) is 99.7 cm³/mol. The maximum atomic E-state index is 12.2. The summed E-state index contributed by atoms with van der Waals surface area (Å²) in [7, 11) is 1.39. The number of ether oxygens (including phenoxy) is 1. The Bertz CT molecular complexity index is 936. The first-order chi connectivity index (χ1) is 11.7. The van der Waals surface area contributed by atoms with Crippen LogP contribution < -0.4 is 0 Å². The fraction of sp³-hybridized carbons (Fsp3) is 0.0952. The van der Waals surface area contributed by atoms with Crippen LogP contribution in [0.5, 0.6) is 0 Å². The summed E-state index contributed by atoms with van der Waals surface area (Å²) >= 11 is 0. The molecule has 0 saturated heterocycles. The van der Waals surface area contributed by atoms with E-state index in [1.54, 1.807) is 12.2 Å². The molecule has 0 N–H and O–H groups in total. The third-order valence-corrected chi connectivity index (χ3v) is 4.07. The van der Waals surface area contributed by atoms with Gasteiger partial charge in [-0.1, -0.05) is 55.1 Å². The van der Waals surface area contributed by atoms with Crippen LogP contribution in [-0.4, -0.2) is 17.6 Å². The lowest BCUT2D eigenvalue weighted by atomic mass is 10.1. The highest BCUT2D eigenvalue weighted by molar-refractivity contribution is 6.13. The lowest BCUT2D eigenvalue weighted by Crippen LogP contribution is -2.10. The van der Waals surface area contributed by atoms with Gasteiger partial charge in [0.05, 0.1) is 29.4 Å². The van der Waals surface area contributed by atoms with Crippen LogP contribution in [0.4, 0.5) is 0 Å². The second-order valence-corrected chi connectivity index (χ2v) is 5.35. The molecule has 0 aliphatic rings. The Kier molecular flexibility index (Phi) is 4.34. The smallest absolute Gasteiger partial charge is 0.339 e. The second kappa shape index (κ2) is 6.59. The van der Waals surface area contributed by atoms with Gasteiger partial charge in [-0.15, -0.1) is 0 Å². The highest BCUT2D eigenvalue weighted by Gasteiger charge is 2.19. The molecular weight excluding hydrogens is 298 g/mol. The number of methoxy groups -OCH3 is 1. The van der Waals surface area contributed by atoms with E-state index in [-0.39, 0.29) is 5.97 Å². The quantitative estimate of drug-likeness (QED) is 0.388. The van der Waals surface area contributed by atoms with E-state index in [4.69, 9.17) is 4.74 Å². The summed E-state index contributed by atoms with van der Waals surface area (Å²) in [6.07, 6.45) is 5.29. The summed E-state index contributed by atoms with van der Waals surface area (Å²) < 4.78 is 7.04.